The smallest absolute Gasteiger partial charge is 0.236 e. The Balaban J connectivity index is 3.51. The van der Waals surface area contributed by atoms with Gasteiger partial charge < -0.3 is 20.1 Å². The zero-order valence-corrected chi connectivity index (χ0v) is 9.82. The van der Waals surface area contributed by atoms with E-state index in [1.54, 1.807) is 26.0 Å². The Bertz CT molecular complexity index is 174. The molecule has 0 fully saturated rings. The number of methoxy groups -OCH3 is 1. The summed E-state index contributed by atoms with van der Waals surface area (Å²) >= 11 is 0. The van der Waals surface area contributed by atoms with Crippen LogP contribution in [0.3, 0.4) is 0 Å². The fourth-order valence-corrected chi connectivity index (χ4v) is 1.01. The molecule has 0 spiro atoms. The highest BCUT2D eigenvalue weighted by molar-refractivity contribution is 5.77. The number of likely N-dealkylation sites (N-methyl/N-ethyl adjacent to an activating group) is 1. The Morgan fingerprint density at radius 1 is 1.60 bits per heavy atom. The van der Waals surface area contributed by atoms with Crippen LogP contribution in [0.5, 0.6) is 0 Å². The lowest BCUT2D eigenvalue weighted by Crippen LogP contribution is -2.37. The van der Waals surface area contributed by atoms with Gasteiger partial charge in [-0.15, -0.1) is 0 Å². The summed E-state index contributed by atoms with van der Waals surface area (Å²) in [5, 5.41) is 12.0. The summed E-state index contributed by atoms with van der Waals surface area (Å²) in [6, 6.07) is 0. The Labute approximate surface area is 91.4 Å². The van der Waals surface area contributed by atoms with Crippen LogP contribution in [0, 0.1) is 0 Å². The molecule has 1 atom stereocenters. The van der Waals surface area contributed by atoms with E-state index in [1.807, 2.05) is 0 Å². The summed E-state index contributed by atoms with van der Waals surface area (Å²) in [6.07, 6.45) is 0.252. The standard InChI is InChI=1S/C10H22N2O3/c1-9(13)4-6-12(2)10(14)8-11-5-7-15-3/h9,11,13H,4-8H2,1-3H3. The van der Waals surface area contributed by atoms with Crippen molar-refractivity contribution in [1.29, 1.82) is 0 Å². The normalized spacial score (nSPS) is 12.5. The van der Waals surface area contributed by atoms with Crippen LogP contribution >= 0.6 is 0 Å². The zero-order valence-electron chi connectivity index (χ0n) is 9.82. The van der Waals surface area contributed by atoms with Crippen molar-refractivity contribution in [3.8, 4) is 0 Å². The molecule has 0 aromatic carbocycles. The maximum Gasteiger partial charge on any atom is 0.236 e. The van der Waals surface area contributed by atoms with Crippen LogP contribution in [0.2, 0.25) is 0 Å². The van der Waals surface area contributed by atoms with Crippen molar-refractivity contribution >= 4 is 5.91 Å². The average Bonchev–Trinajstić information content (AvgIpc) is 2.20. The lowest BCUT2D eigenvalue weighted by atomic mass is 10.3. The molecule has 1 amide bonds. The molecule has 90 valence electrons. The van der Waals surface area contributed by atoms with Gasteiger partial charge in [-0.3, -0.25) is 4.79 Å². The number of ether oxygens (including phenoxy) is 1. The number of rotatable bonds is 8. The van der Waals surface area contributed by atoms with Crippen molar-refractivity contribution in [2.45, 2.75) is 19.4 Å². The molecule has 15 heavy (non-hydrogen) atoms. The number of carbonyl (C=O) groups excluding carboxylic acids is 1. The monoisotopic (exact) mass is 218 g/mol. The third-order valence-electron chi connectivity index (χ3n) is 2.07. The molecule has 0 aromatic rings. The zero-order chi connectivity index (χ0) is 11.7. The summed E-state index contributed by atoms with van der Waals surface area (Å²) < 4.78 is 4.84. The summed E-state index contributed by atoms with van der Waals surface area (Å²) in [7, 11) is 3.36. The minimum Gasteiger partial charge on any atom is -0.393 e. The van der Waals surface area contributed by atoms with E-state index in [1.165, 1.54) is 0 Å². The van der Waals surface area contributed by atoms with Crippen molar-refractivity contribution in [2.24, 2.45) is 0 Å². The molecule has 5 heteroatoms. The molecular weight excluding hydrogens is 196 g/mol. The third-order valence-corrected chi connectivity index (χ3v) is 2.07. The maximum atomic E-state index is 11.5. The van der Waals surface area contributed by atoms with Gasteiger partial charge in [-0.05, 0) is 13.3 Å². The van der Waals surface area contributed by atoms with Gasteiger partial charge in [0.2, 0.25) is 5.91 Å². The van der Waals surface area contributed by atoms with Crippen molar-refractivity contribution in [3.63, 3.8) is 0 Å². The van der Waals surface area contributed by atoms with Crippen LogP contribution in [0.25, 0.3) is 0 Å². The molecule has 0 aliphatic carbocycles. The Morgan fingerprint density at radius 3 is 2.80 bits per heavy atom. The summed E-state index contributed by atoms with van der Waals surface area (Å²) in [5.74, 6) is 0.0340. The van der Waals surface area contributed by atoms with Crippen LogP contribution in [0.4, 0.5) is 0 Å². The highest BCUT2D eigenvalue weighted by Crippen LogP contribution is 1.93. The molecule has 1 unspecified atom stereocenters. The summed E-state index contributed by atoms with van der Waals surface area (Å²) in [6.45, 7) is 3.90. The van der Waals surface area contributed by atoms with E-state index in [0.717, 1.165) is 0 Å². The van der Waals surface area contributed by atoms with Crippen LogP contribution < -0.4 is 5.32 Å². The van der Waals surface area contributed by atoms with E-state index in [9.17, 15) is 4.79 Å². The molecule has 0 aromatic heterocycles. The van der Waals surface area contributed by atoms with Crippen molar-refractivity contribution in [3.05, 3.63) is 0 Å². The molecule has 0 aliphatic rings. The third kappa shape index (κ3) is 8.35. The number of aliphatic hydroxyl groups is 1. The van der Waals surface area contributed by atoms with Gasteiger partial charge in [-0.2, -0.15) is 0 Å². The lowest BCUT2D eigenvalue weighted by Gasteiger charge is -2.18. The van der Waals surface area contributed by atoms with Gasteiger partial charge in [0.05, 0.1) is 19.3 Å². The van der Waals surface area contributed by atoms with Crippen molar-refractivity contribution in [1.82, 2.24) is 10.2 Å². The second-order valence-corrected chi connectivity index (χ2v) is 3.62. The van der Waals surface area contributed by atoms with Gasteiger partial charge in [-0.25, -0.2) is 0 Å². The lowest BCUT2D eigenvalue weighted by molar-refractivity contribution is -0.129. The van der Waals surface area contributed by atoms with E-state index in [0.29, 0.717) is 32.7 Å². The van der Waals surface area contributed by atoms with Gasteiger partial charge in [0.25, 0.3) is 0 Å². The van der Waals surface area contributed by atoms with Crippen LogP contribution in [-0.4, -0.2) is 62.4 Å². The van der Waals surface area contributed by atoms with Gasteiger partial charge in [0.15, 0.2) is 0 Å². The fraction of sp³-hybridized carbons (Fsp3) is 0.900. The Morgan fingerprint density at radius 2 is 2.27 bits per heavy atom. The first kappa shape index (κ1) is 14.3. The minimum atomic E-state index is -0.360. The predicted molar refractivity (Wildman–Crippen MR) is 58.7 cm³/mol. The molecular formula is C10H22N2O3. The molecule has 0 aliphatic heterocycles. The predicted octanol–water partition coefficient (Wildman–Crippen LogP) is -0.548. The summed E-state index contributed by atoms with van der Waals surface area (Å²) in [4.78, 5) is 13.1. The van der Waals surface area contributed by atoms with Gasteiger partial charge in [0.1, 0.15) is 0 Å². The van der Waals surface area contributed by atoms with E-state index < -0.39 is 0 Å². The van der Waals surface area contributed by atoms with E-state index >= 15 is 0 Å². The number of aliphatic hydroxyl groups excluding tert-OH is 1. The van der Waals surface area contributed by atoms with E-state index in [-0.39, 0.29) is 12.0 Å². The second-order valence-electron chi connectivity index (χ2n) is 3.62. The highest BCUT2D eigenvalue weighted by Gasteiger charge is 2.08. The number of nitrogens with zero attached hydrogens (tertiary/aromatic N) is 1. The summed E-state index contributed by atoms with van der Waals surface area (Å²) in [5.41, 5.74) is 0. The molecule has 2 N–H and O–H groups in total. The molecule has 0 saturated carbocycles. The Kier molecular flexibility index (Phi) is 8.27. The minimum absolute atomic E-state index is 0.0340. The largest absolute Gasteiger partial charge is 0.393 e. The van der Waals surface area contributed by atoms with Crippen LogP contribution in [0.1, 0.15) is 13.3 Å². The molecule has 0 saturated heterocycles. The maximum absolute atomic E-state index is 11.5. The number of amides is 1. The first-order valence-electron chi connectivity index (χ1n) is 5.19. The van der Waals surface area contributed by atoms with E-state index in [4.69, 9.17) is 9.84 Å². The second kappa shape index (κ2) is 8.64. The number of nitrogens with one attached hydrogen (secondary N) is 1. The Hall–Kier alpha value is -0.650. The molecule has 0 radical (unpaired) electrons. The van der Waals surface area contributed by atoms with E-state index in [2.05, 4.69) is 5.32 Å². The molecule has 0 heterocycles. The SMILES string of the molecule is COCCNCC(=O)N(C)CCC(C)O. The number of carbonyl (C=O) groups is 1. The first-order valence-corrected chi connectivity index (χ1v) is 5.19. The van der Waals surface area contributed by atoms with Crippen LogP contribution in [-0.2, 0) is 9.53 Å². The quantitative estimate of drug-likeness (QED) is 0.537. The topological polar surface area (TPSA) is 61.8 Å². The van der Waals surface area contributed by atoms with Gasteiger partial charge >= 0.3 is 0 Å². The molecule has 0 bridgehead atoms. The fourth-order valence-electron chi connectivity index (χ4n) is 1.01. The van der Waals surface area contributed by atoms with Gasteiger partial charge in [0, 0.05) is 27.2 Å². The van der Waals surface area contributed by atoms with Crippen LogP contribution in [0.15, 0.2) is 0 Å². The highest BCUT2D eigenvalue weighted by atomic mass is 16.5. The molecule has 5 nitrogen and oxygen atoms in total. The average molecular weight is 218 g/mol. The number of hydrogen-bond acceptors (Lipinski definition) is 4. The van der Waals surface area contributed by atoms with Crippen molar-refractivity contribution < 1.29 is 14.6 Å². The molecule has 0 rings (SSSR count). The van der Waals surface area contributed by atoms with Gasteiger partial charge in [-0.1, -0.05) is 0 Å². The first-order chi connectivity index (χ1) is 7.07. The van der Waals surface area contributed by atoms with Crippen molar-refractivity contribution in [2.75, 3.05) is 40.4 Å². The number of hydrogen-bond donors (Lipinski definition) is 2.